The molecular weight excluding hydrogens is 358 g/mol. The van der Waals surface area contributed by atoms with Gasteiger partial charge in [-0.3, -0.25) is 4.79 Å². The van der Waals surface area contributed by atoms with Crippen molar-refractivity contribution in [2.45, 2.75) is 45.2 Å². The number of amides is 1. The van der Waals surface area contributed by atoms with E-state index in [1.807, 2.05) is 19.1 Å². The van der Waals surface area contributed by atoms with Gasteiger partial charge in [-0.2, -0.15) is 0 Å². The van der Waals surface area contributed by atoms with Crippen LogP contribution < -0.4 is 22.1 Å². The third kappa shape index (κ3) is 4.55. The molecule has 0 bridgehead atoms. The minimum Gasteiger partial charge on any atom is -0.380 e. The second-order valence-corrected chi connectivity index (χ2v) is 7.31. The van der Waals surface area contributed by atoms with E-state index in [1.54, 1.807) is 6.07 Å². The van der Waals surface area contributed by atoms with Crippen molar-refractivity contribution in [1.29, 1.82) is 0 Å². The van der Waals surface area contributed by atoms with E-state index < -0.39 is 5.91 Å². The van der Waals surface area contributed by atoms with E-state index in [0.29, 0.717) is 30.5 Å². The highest BCUT2D eigenvalue weighted by atomic mass is 16.5. The van der Waals surface area contributed by atoms with Gasteiger partial charge in [-0.25, -0.2) is 4.98 Å². The minimum absolute atomic E-state index is 0.0142. The molecule has 3 rings (SSSR count). The van der Waals surface area contributed by atoms with Gasteiger partial charge in [-0.15, -0.1) is 10.2 Å². The van der Waals surface area contributed by atoms with E-state index in [0.717, 1.165) is 17.7 Å². The first kappa shape index (κ1) is 20.0. The van der Waals surface area contributed by atoms with E-state index in [4.69, 9.17) is 16.2 Å². The molecule has 1 aliphatic heterocycles. The second kappa shape index (κ2) is 8.49. The first-order chi connectivity index (χ1) is 13.3. The number of hydrogen-bond acceptors (Lipinski definition) is 8. The van der Waals surface area contributed by atoms with Crippen LogP contribution >= 0.6 is 0 Å². The Bertz CT molecular complexity index is 856. The Labute approximate surface area is 164 Å². The summed E-state index contributed by atoms with van der Waals surface area (Å²) < 4.78 is 5.36. The molecule has 6 N–H and O–H groups in total. The molecule has 9 heteroatoms. The number of hydrogen-bond donors (Lipinski definition) is 4. The van der Waals surface area contributed by atoms with Crippen LogP contribution in [0.2, 0.25) is 0 Å². The average molecular weight is 385 g/mol. The maximum Gasteiger partial charge on any atom is 0.271 e. The van der Waals surface area contributed by atoms with E-state index in [2.05, 4.69) is 39.7 Å². The fourth-order valence-electron chi connectivity index (χ4n) is 3.21. The number of anilines is 3. The van der Waals surface area contributed by atoms with Crippen LogP contribution in [0, 0.1) is 6.92 Å². The summed E-state index contributed by atoms with van der Waals surface area (Å²) in [6.07, 6.45) is 0.764. The number of aryl methyl sites for hydroxylation is 1. The lowest BCUT2D eigenvalue weighted by atomic mass is 10.0. The molecule has 0 spiro atoms. The van der Waals surface area contributed by atoms with Crippen LogP contribution in [0.3, 0.4) is 0 Å². The Kier molecular flexibility index (Phi) is 6.05. The number of rotatable bonds is 6. The van der Waals surface area contributed by atoms with E-state index in [-0.39, 0.29) is 23.7 Å². The van der Waals surface area contributed by atoms with Crippen LogP contribution in [0.15, 0.2) is 18.2 Å². The zero-order chi connectivity index (χ0) is 20.3. The fraction of sp³-hybridized carbons (Fsp3) is 0.474. The topological polar surface area (TPSA) is 141 Å². The SMILES string of the molecule is Cc1ccc(Nc2cc(N[C@@H]3CCOC[C@@H]3N)nnc2C(N)=O)nc1C(C)C. The van der Waals surface area contributed by atoms with Gasteiger partial charge in [0.25, 0.3) is 5.91 Å². The molecule has 2 aromatic rings. The third-order valence-electron chi connectivity index (χ3n) is 4.71. The summed E-state index contributed by atoms with van der Waals surface area (Å²) in [5.74, 6) is 0.727. The lowest BCUT2D eigenvalue weighted by Gasteiger charge is -2.29. The van der Waals surface area contributed by atoms with Gasteiger partial charge in [-0.1, -0.05) is 19.9 Å². The molecule has 2 atom stereocenters. The molecule has 0 aromatic carbocycles. The van der Waals surface area contributed by atoms with Crippen LogP contribution in [-0.4, -0.2) is 46.4 Å². The highest BCUT2D eigenvalue weighted by molar-refractivity contribution is 5.97. The normalized spacial score (nSPS) is 19.5. The summed E-state index contributed by atoms with van der Waals surface area (Å²) in [6.45, 7) is 7.31. The summed E-state index contributed by atoms with van der Waals surface area (Å²) >= 11 is 0. The largest absolute Gasteiger partial charge is 0.380 e. The monoisotopic (exact) mass is 385 g/mol. The Morgan fingerprint density at radius 1 is 1.29 bits per heavy atom. The van der Waals surface area contributed by atoms with Crippen molar-refractivity contribution in [3.8, 4) is 0 Å². The van der Waals surface area contributed by atoms with E-state index in [1.165, 1.54) is 0 Å². The van der Waals surface area contributed by atoms with Crippen molar-refractivity contribution in [3.05, 3.63) is 35.2 Å². The maximum absolute atomic E-state index is 11.8. The lowest BCUT2D eigenvalue weighted by Crippen LogP contribution is -2.47. The number of primary amides is 1. The molecule has 9 nitrogen and oxygen atoms in total. The van der Waals surface area contributed by atoms with Gasteiger partial charge >= 0.3 is 0 Å². The number of carbonyl (C=O) groups is 1. The molecule has 0 saturated carbocycles. The molecule has 0 radical (unpaired) electrons. The number of carbonyl (C=O) groups excluding carboxylic acids is 1. The highest BCUT2D eigenvalue weighted by Gasteiger charge is 2.23. The molecule has 1 amide bonds. The summed E-state index contributed by atoms with van der Waals surface area (Å²) in [7, 11) is 0. The molecule has 150 valence electrons. The summed E-state index contributed by atoms with van der Waals surface area (Å²) in [5.41, 5.74) is 14.1. The average Bonchev–Trinajstić information content (AvgIpc) is 2.65. The summed E-state index contributed by atoms with van der Waals surface area (Å²) in [4.78, 5) is 16.5. The zero-order valence-electron chi connectivity index (χ0n) is 16.4. The Morgan fingerprint density at radius 3 is 2.75 bits per heavy atom. The third-order valence-corrected chi connectivity index (χ3v) is 4.71. The predicted molar refractivity (Wildman–Crippen MR) is 108 cm³/mol. The molecule has 3 heterocycles. The number of ether oxygens (including phenoxy) is 1. The van der Waals surface area contributed by atoms with Gasteiger partial charge in [0, 0.05) is 30.5 Å². The van der Waals surface area contributed by atoms with Gasteiger partial charge in [-0.05, 0) is 30.9 Å². The molecule has 1 saturated heterocycles. The summed E-state index contributed by atoms with van der Waals surface area (Å²) in [5, 5.41) is 14.5. The number of nitrogens with two attached hydrogens (primary N) is 2. The standard InChI is InChI=1S/C19H27N7O2/c1-10(2)17-11(3)4-5-15(24-17)23-14-8-16(25-26-18(14)19(21)27)22-13-6-7-28-9-12(13)20/h4-5,8,10,12-13H,6-7,9,20H2,1-3H3,(H2,21,27)(H2,22,23,24,25)/t12-,13+/m0/s1. The smallest absolute Gasteiger partial charge is 0.271 e. The Balaban J connectivity index is 1.88. The number of nitrogens with one attached hydrogen (secondary N) is 2. The maximum atomic E-state index is 11.8. The van der Waals surface area contributed by atoms with Crippen LogP contribution in [-0.2, 0) is 4.74 Å². The van der Waals surface area contributed by atoms with Crippen LogP contribution in [0.25, 0.3) is 0 Å². The van der Waals surface area contributed by atoms with E-state index in [9.17, 15) is 4.79 Å². The van der Waals surface area contributed by atoms with Crippen molar-refractivity contribution in [1.82, 2.24) is 15.2 Å². The lowest BCUT2D eigenvalue weighted by molar-refractivity contribution is 0.0751. The molecular formula is C19H27N7O2. The molecule has 0 unspecified atom stereocenters. The van der Waals surface area contributed by atoms with Crippen LogP contribution in [0.5, 0.6) is 0 Å². The molecule has 2 aromatic heterocycles. The number of pyridine rings is 1. The van der Waals surface area contributed by atoms with Gasteiger partial charge in [0.15, 0.2) is 11.5 Å². The van der Waals surface area contributed by atoms with Crippen molar-refractivity contribution >= 4 is 23.2 Å². The van der Waals surface area contributed by atoms with Crippen molar-refractivity contribution in [3.63, 3.8) is 0 Å². The minimum atomic E-state index is -0.666. The van der Waals surface area contributed by atoms with Gasteiger partial charge < -0.3 is 26.8 Å². The Morgan fingerprint density at radius 2 is 2.07 bits per heavy atom. The number of nitrogens with zero attached hydrogens (tertiary/aromatic N) is 3. The Hall–Kier alpha value is -2.78. The van der Waals surface area contributed by atoms with Gasteiger partial charge in [0.1, 0.15) is 5.82 Å². The van der Waals surface area contributed by atoms with Crippen molar-refractivity contribution in [2.24, 2.45) is 11.5 Å². The molecule has 1 fully saturated rings. The summed E-state index contributed by atoms with van der Waals surface area (Å²) in [6, 6.07) is 5.42. The van der Waals surface area contributed by atoms with Gasteiger partial charge in [0.2, 0.25) is 0 Å². The van der Waals surface area contributed by atoms with Crippen LogP contribution in [0.1, 0.15) is 47.9 Å². The predicted octanol–water partition coefficient (Wildman–Crippen LogP) is 1.67. The fourth-order valence-corrected chi connectivity index (χ4v) is 3.21. The van der Waals surface area contributed by atoms with E-state index >= 15 is 0 Å². The highest BCUT2D eigenvalue weighted by Crippen LogP contribution is 2.24. The molecule has 1 aliphatic rings. The van der Waals surface area contributed by atoms with Crippen LogP contribution in [0.4, 0.5) is 17.3 Å². The molecule has 28 heavy (non-hydrogen) atoms. The van der Waals surface area contributed by atoms with Crippen molar-refractivity contribution in [2.75, 3.05) is 23.8 Å². The molecule has 0 aliphatic carbocycles. The zero-order valence-corrected chi connectivity index (χ0v) is 16.4. The second-order valence-electron chi connectivity index (χ2n) is 7.31. The first-order valence-electron chi connectivity index (χ1n) is 9.37. The number of aromatic nitrogens is 3. The van der Waals surface area contributed by atoms with Gasteiger partial charge in [0.05, 0.1) is 12.3 Å². The first-order valence-corrected chi connectivity index (χ1v) is 9.37. The quantitative estimate of drug-likeness (QED) is 0.588. The van der Waals surface area contributed by atoms with Crippen molar-refractivity contribution < 1.29 is 9.53 Å².